The maximum absolute atomic E-state index is 6.02. The molecule has 3 heterocycles. The van der Waals surface area contributed by atoms with E-state index in [4.69, 9.17) is 28.9 Å². The third-order valence-electron chi connectivity index (χ3n) is 4.82. The number of thiophene rings is 1. The number of piperazine rings is 1. The number of rotatable bonds is 5. The van der Waals surface area contributed by atoms with Crippen LogP contribution < -0.4 is 0 Å². The highest BCUT2D eigenvalue weighted by atomic mass is 35.5. The van der Waals surface area contributed by atoms with Gasteiger partial charge in [0.2, 0.25) is 0 Å². The summed E-state index contributed by atoms with van der Waals surface area (Å²) >= 11 is 13.3. The molecule has 1 saturated carbocycles. The molecule has 8 heteroatoms. The van der Waals surface area contributed by atoms with Crippen molar-refractivity contribution in [2.24, 2.45) is 7.05 Å². The smallest absolute Gasteiger partial charge is 0.198 e. The maximum atomic E-state index is 6.02. The van der Waals surface area contributed by atoms with Gasteiger partial charge in [-0.2, -0.15) is 5.10 Å². The minimum atomic E-state index is 0.632. The van der Waals surface area contributed by atoms with Crippen LogP contribution in [0.5, 0.6) is 0 Å². The molecule has 2 aliphatic rings. The largest absolute Gasteiger partial charge is 0.307 e. The molecule has 0 amide bonds. The van der Waals surface area contributed by atoms with Crippen molar-refractivity contribution in [2.45, 2.75) is 32.0 Å². The average molecular weight is 384 g/mol. The van der Waals surface area contributed by atoms with E-state index in [2.05, 4.69) is 20.4 Å². The van der Waals surface area contributed by atoms with Gasteiger partial charge < -0.3 is 4.57 Å². The minimum absolute atomic E-state index is 0.632. The van der Waals surface area contributed by atoms with Crippen LogP contribution in [0, 0.1) is 4.77 Å². The molecular formula is C16H22ClN5S2. The Balaban J connectivity index is 1.33. The number of hydrogen-bond donors (Lipinski definition) is 0. The fraction of sp³-hybridized carbons (Fsp3) is 0.625. The van der Waals surface area contributed by atoms with Crippen molar-refractivity contribution in [3.8, 4) is 0 Å². The Morgan fingerprint density at radius 2 is 1.92 bits per heavy atom. The molecule has 0 unspecified atom stereocenters. The second-order valence-electron chi connectivity index (χ2n) is 6.72. The molecule has 1 saturated heterocycles. The van der Waals surface area contributed by atoms with Crippen LogP contribution in [0.3, 0.4) is 0 Å². The Morgan fingerprint density at radius 1 is 1.21 bits per heavy atom. The predicted octanol–water partition coefficient (Wildman–Crippen LogP) is 3.32. The first-order chi connectivity index (χ1) is 11.6. The van der Waals surface area contributed by atoms with Crippen molar-refractivity contribution in [2.75, 3.05) is 26.2 Å². The highest BCUT2D eigenvalue weighted by Crippen LogP contribution is 2.38. The number of halogens is 1. The van der Waals surface area contributed by atoms with Gasteiger partial charge in [0.25, 0.3) is 0 Å². The molecule has 1 aliphatic heterocycles. The number of hydrogen-bond acceptors (Lipinski definition) is 5. The zero-order chi connectivity index (χ0) is 16.7. The van der Waals surface area contributed by atoms with E-state index in [1.807, 2.05) is 17.8 Å². The Morgan fingerprint density at radius 3 is 2.54 bits per heavy atom. The topological polar surface area (TPSA) is 29.2 Å². The zero-order valence-electron chi connectivity index (χ0n) is 13.8. The highest BCUT2D eigenvalue weighted by molar-refractivity contribution is 7.71. The molecule has 2 aromatic rings. The predicted molar refractivity (Wildman–Crippen MR) is 100 cm³/mol. The third-order valence-corrected chi connectivity index (χ3v) is 6.52. The van der Waals surface area contributed by atoms with Gasteiger partial charge in [0.1, 0.15) is 5.82 Å². The molecule has 2 fully saturated rings. The van der Waals surface area contributed by atoms with Crippen molar-refractivity contribution in [3.63, 3.8) is 0 Å². The van der Waals surface area contributed by atoms with Gasteiger partial charge >= 0.3 is 0 Å². The van der Waals surface area contributed by atoms with E-state index in [0.717, 1.165) is 54.3 Å². The average Bonchev–Trinajstić information content (AvgIpc) is 3.28. The SMILES string of the molecule is Cn1c(C2CC2)nn(CN2CCN(Cc3ccc(Cl)s3)CC2)c1=S. The molecule has 4 rings (SSSR count). The van der Waals surface area contributed by atoms with Gasteiger partial charge in [-0.05, 0) is 37.2 Å². The highest BCUT2D eigenvalue weighted by Gasteiger charge is 2.29. The molecule has 1 aliphatic carbocycles. The second-order valence-corrected chi connectivity index (χ2v) is 8.88. The van der Waals surface area contributed by atoms with Gasteiger partial charge in [-0.15, -0.1) is 11.3 Å². The van der Waals surface area contributed by atoms with Gasteiger partial charge in [-0.25, -0.2) is 4.68 Å². The summed E-state index contributed by atoms with van der Waals surface area (Å²) in [5, 5.41) is 4.76. The Bertz CT molecular complexity index is 768. The van der Waals surface area contributed by atoms with Crippen LogP contribution in [-0.2, 0) is 20.3 Å². The Labute approximate surface area is 156 Å². The Hall–Kier alpha value is -0.730. The van der Waals surface area contributed by atoms with E-state index in [0.29, 0.717) is 5.92 Å². The molecule has 0 N–H and O–H groups in total. The third kappa shape index (κ3) is 3.60. The van der Waals surface area contributed by atoms with Crippen molar-refractivity contribution in [1.29, 1.82) is 0 Å². The summed E-state index contributed by atoms with van der Waals surface area (Å²) in [4.78, 5) is 6.28. The lowest BCUT2D eigenvalue weighted by atomic mass is 10.3. The van der Waals surface area contributed by atoms with Crippen molar-refractivity contribution < 1.29 is 0 Å². The quantitative estimate of drug-likeness (QED) is 0.741. The van der Waals surface area contributed by atoms with E-state index in [1.165, 1.54) is 17.7 Å². The first-order valence-corrected chi connectivity index (χ1v) is 10.0. The normalized spacial score (nSPS) is 19.9. The van der Waals surface area contributed by atoms with Crippen molar-refractivity contribution in [1.82, 2.24) is 24.1 Å². The zero-order valence-corrected chi connectivity index (χ0v) is 16.2. The molecular weight excluding hydrogens is 362 g/mol. The monoisotopic (exact) mass is 383 g/mol. The van der Waals surface area contributed by atoms with E-state index in [-0.39, 0.29) is 0 Å². The summed E-state index contributed by atoms with van der Waals surface area (Å²) in [7, 11) is 2.05. The molecule has 0 bridgehead atoms. The first kappa shape index (κ1) is 16.7. The number of aromatic nitrogens is 3. The molecule has 0 radical (unpaired) electrons. The van der Waals surface area contributed by atoms with E-state index < -0.39 is 0 Å². The summed E-state index contributed by atoms with van der Waals surface area (Å²) in [6.45, 7) is 6.06. The van der Waals surface area contributed by atoms with Crippen LogP contribution in [0.2, 0.25) is 4.34 Å². The minimum Gasteiger partial charge on any atom is -0.307 e. The molecule has 5 nitrogen and oxygen atoms in total. The van der Waals surface area contributed by atoms with Crippen molar-refractivity contribution >= 4 is 35.2 Å². The van der Waals surface area contributed by atoms with E-state index in [1.54, 1.807) is 11.3 Å². The number of nitrogens with zero attached hydrogens (tertiary/aromatic N) is 5. The van der Waals surface area contributed by atoms with Crippen LogP contribution in [0.25, 0.3) is 0 Å². The van der Waals surface area contributed by atoms with Crippen LogP contribution in [0.15, 0.2) is 12.1 Å². The standard InChI is InChI=1S/C16H22ClN5S2/c1-19-15(12-2-3-12)18-22(16(19)23)11-21-8-6-20(7-9-21)10-13-4-5-14(17)24-13/h4-5,12H,2-3,6-11H2,1H3. The Kier molecular flexibility index (Phi) is 4.79. The van der Waals surface area contributed by atoms with Crippen molar-refractivity contribution in [3.05, 3.63) is 31.9 Å². The van der Waals surface area contributed by atoms with Crippen LogP contribution in [0.4, 0.5) is 0 Å². The molecule has 0 atom stereocenters. The fourth-order valence-electron chi connectivity index (χ4n) is 3.23. The van der Waals surface area contributed by atoms with Gasteiger partial charge in [-0.3, -0.25) is 9.80 Å². The summed E-state index contributed by atoms with van der Waals surface area (Å²) in [5.41, 5.74) is 0. The van der Waals surface area contributed by atoms with Gasteiger partial charge in [0.05, 0.1) is 11.0 Å². The molecule has 24 heavy (non-hydrogen) atoms. The molecule has 130 valence electrons. The summed E-state index contributed by atoms with van der Waals surface area (Å²) in [6.07, 6.45) is 2.51. The van der Waals surface area contributed by atoms with Crippen LogP contribution >= 0.6 is 35.2 Å². The molecule has 0 spiro atoms. The molecule has 0 aromatic carbocycles. The lowest BCUT2D eigenvalue weighted by molar-refractivity contribution is 0.0986. The van der Waals surface area contributed by atoms with E-state index in [9.17, 15) is 0 Å². The lowest BCUT2D eigenvalue weighted by Gasteiger charge is -2.34. The second kappa shape index (κ2) is 6.88. The lowest BCUT2D eigenvalue weighted by Crippen LogP contribution is -2.46. The fourth-order valence-corrected chi connectivity index (χ4v) is 4.55. The molecule has 2 aromatic heterocycles. The maximum Gasteiger partial charge on any atom is 0.198 e. The van der Waals surface area contributed by atoms with E-state index >= 15 is 0 Å². The summed E-state index contributed by atoms with van der Waals surface area (Å²) in [5.74, 6) is 1.79. The van der Waals surface area contributed by atoms with Crippen LogP contribution in [0.1, 0.15) is 29.5 Å². The van der Waals surface area contributed by atoms with Gasteiger partial charge in [0, 0.05) is 50.6 Å². The van der Waals surface area contributed by atoms with Crippen LogP contribution in [-0.4, -0.2) is 50.3 Å². The summed E-state index contributed by atoms with van der Waals surface area (Å²) < 4.78 is 5.80. The van der Waals surface area contributed by atoms with Gasteiger partial charge in [0.15, 0.2) is 4.77 Å². The first-order valence-electron chi connectivity index (χ1n) is 8.43. The van der Waals surface area contributed by atoms with Gasteiger partial charge in [-0.1, -0.05) is 11.6 Å². The summed E-state index contributed by atoms with van der Waals surface area (Å²) in [6, 6.07) is 4.12.